The van der Waals surface area contributed by atoms with Crippen LogP contribution in [0.2, 0.25) is 0 Å². The average molecular weight is 238 g/mol. The summed E-state index contributed by atoms with van der Waals surface area (Å²) in [7, 11) is 1.28. The third-order valence-corrected chi connectivity index (χ3v) is 3.17. The number of alkyl carbamates (subject to hydrolysis) is 1. The van der Waals surface area contributed by atoms with Gasteiger partial charge in [-0.05, 0) is 0 Å². The molecule has 2 rings (SSSR count). The highest BCUT2D eigenvalue weighted by molar-refractivity contribution is 5.71. The lowest BCUT2D eigenvalue weighted by Gasteiger charge is -2.31. The molecule has 0 aromatic heterocycles. The number of rotatable bonds is 1. The highest BCUT2D eigenvalue weighted by Crippen LogP contribution is 2.32. The van der Waals surface area contributed by atoms with Gasteiger partial charge in [-0.2, -0.15) is 0 Å². The molecule has 1 aliphatic heterocycles. The lowest BCUT2D eigenvalue weighted by atomic mass is 9.84. The van der Waals surface area contributed by atoms with Crippen LogP contribution in [-0.4, -0.2) is 47.9 Å². The van der Waals surface area contributed by atoms with Crippen molar-refractivity contribution in [2.75, 3.05) is 20.2 Å². The summed E-state index contributed by atoms with van der Waals surface area (Å²) < 4.78 is 4.58. The first-order chi connectivity index (χ1) is 8.07. The second-order valence-electron chi connectivity index (χ2n) is 4.17. The Labute approximate surface area is 98.5 Å². The molecule has 2 N–H and O–H groups in total. The molecule has 2 atom stereocenters. The highest BCUT2D eigenvalue weighted by Gasteiger charge is 2.47. The van der Waals surface area contributed by atoms with Gasteiger partial charge in [0.2, 0.25) is 0 Å². The first-order valence-corrected chi connectivity index (χ1v) is 5.27. The predicted octanol–water partition coefficient (Wildman–Crippen LogP) is 0.817. The van der Waals surface area contributed by atoms with Gasteiger partial charge in [0.25, 0.3) is 0 Å². The summed E-state index contributed by atoms with van der Waals surface area (Å²) in [5, 5.41) is 11.7. The SMILES string of the molecule is COC(=O)N[C@@]12C=CC=C[C@@H]1CN(C(=O)O)C2. The third kappa shape index (κ3) is 1.98. The minimum atomic E-state index is -0.979. The van der Waals surface area contributed by atoms with Crippen LogP contribution in [-0.2, 0) is 4.74 Å². The van der Waals surface area contributed by atoms with Gasteiger partial charge in [-0.25, -0.2) is 9.59 Å². The topological polar surface area (TPSA) is 78.9 Å². The van der Waals surface area contributed by atoms with Gasteiger partial charge in [-0.3, -0.25) is 0 Å². The molecule has 17 heavy (non-hydrogen) atoms. The van der Waals surface area contributed by atoms with Crippen LogP contribution < -0.4 is 5.32 Å². The van der Waals surface area contributed by atoms with Crippen molar-refractivity contribution in [1.82, 2.24) is 10.2 Å². The summed E-state index contributed by atoms with van der Waals surface area (Å²) in [6, 6.07) is 0. The van der Waals surface area contributed by atoms with Gasteiger partial charge in [-0.15, -0.1) is 0 Å². The van der Waals surface area contributed by atoms with E-state index < -0.39 is 17.7 Å². The first kappa shape index (κ1) is 11.5. The molecule has 0 aromatic rings. The Morgan fingerprint density at radius 2 is 2.29 bits per heavy atom. The molecule has 6 nitrogen and oxygen atoms in total. The Morgan fingerprint density at radius 1 is 1.53 bits per heavy atom. The molecular weight excluding hydrogens is 224 g/mol. The van der Waals surface area contributed by atoms with Crippen molar-refractivity contribution >= 4 is 12.2 Å². The summed E-state index contributed by atoms with van der Waals surface area (Å²) in [6.07, 6.45) is 5.84. The highest BCUT2D eigenvalue weighted by atomic mass is 16.5. The van der Waals surface area contributed by atoms with Crippen LogP contribution in [0.4, 0.5) is 9.59 Å². The number of amides is 2. The Morgan fingerprint density at radius 3 is 2.94 bits per heavy atom. The molecule has 1 heterocycles. The number of likely N-dealkylation sites (tertiary alicyclic amines) is 1. The Kier molecular flexibility index (Phi) is 2.79. The Balaban J connectivity index is 2.22. The fourth-order valence-corrected chi connectivity index (χ4v) is 2.29. The molecule has 1 aliphatic carbocycles. The smallest absolute Gasteiger partial charge is 0.407 e. The van der Waals surface area contributed by atoms with E-state index in [1.165, 1.54) is 12.0 Å². The standard InChI is InChI=1S/C11H14N2O4/c1-17-9(14)12-11-5-3-2-4-8(11)6-13(7-11)10(15)16/h2-5,8H,6-7H2,1H3,(H,12,14)(H,15,16)/t8-,11-/m1/s1. The van der Waals surface area contributed by atoms with Gasteiger partial charge in [0.1, 0.15) is 0 Å². The van der Waals surface area contributed by atoms with Crippen molar-refractivity contribution < 1.29 is 19.4 Å². The van der Waals surface area contributed by atoms with E-state index in [0.29, 0.717) is 6.54 Å². The molecule has 1 fully saturated rings. The molecule has 0 saturated carbocycles. The molecule has 0 unspecified atom stereocenters. The second-order valence-corrected chi connectivity index (χ2v) is 4.17. The van der Waals surface area contributed by atoms with Gasteiger partial charge in [-0.1, -0.05) is 24.3 Å². The van der Waals surface area contributed by atoms with Crippen molar-refractivity contribution in [2.45, 2.75) is 5.54 Å². The fraction of sp³-hybridized carbons (Fsp3) is 0.455. The Hall–Kier alpha value is -1.98. The summed E-state index contributed by atoms with van der Waals surface area (Å²) in [5.74, 6) is -0.0531. The van der Waals surface area contributed by atoms with Crippen LogP contribution in [0.5, 0.6) is 0 Å². The second kappa shape index (κ2) is 4.12. The minimum Gasteiger partial charge on any atom is -0.465 e. The number of carbonyl (C=O) groups is 2. The van der Waals surface area contributed by atoms with Crippen molar-refractivity contribution in [2.24, 2.45) is 5.92 Å². The molecule has 2 aliphatic rings. The van der Waals surface area contributed by atoms with Gasteiger partial charge in [0.05, 0.1) is 19.2 Å². The normalized spacial score (nSPS) is 29.9. The maximum Gasteiger partial charge on any atom is 0.407 e. The van der Waals surface area contributed by atoms with Crippen LogP contribution in [0.15, 0.2) is 24.3 Å². The largest absolute Gasteiger partial charge is 0.465 e. The monoisotopic (exact) mass is 238 g/mol. The lowest BCUT2D eigenvalue weighted by molar-refractivity contribution is 0.147. The maximum absolute atomic E-state index is 11.3. The van der Waals surface area contributed by atoms with Crippen LogP contribution in [0.1, 0.15) is 0 Å². The van der Waals surface area contributed by atoms with E-state index in [1.807, 2.05) is 18.2 Å². The Bertz CT molecular complexity index is 404. The number of methoxy groups -OCH3 is 1. The van der Waals surface area contributed by atoms with E-state index in [9.17, 15) is 9.59 Å². The number of ether oxygens (including phenoxy) is 1. The number of fused-ring (bicyclic) bond motifs is 1. The van der Waals surface area contributed by atoms with E-state index in [2.05, 4.69) is 10.1 Å². The number of hydrogen-bond acceptors (Lipinski definition) is 3. The zero-order valence-electron chi connectivity index (χ0n) is 9.42. The van der Waals surface area contributed by atoms with Crippen LogP contribution >= 0.6 is 0 Å². The molecule has 0 bridgehead atoms. The molecule has 1 saturated heterocycles. The van der Waals surface area contributed by atoms with E-state index >= 15 is 0 Å². The molecule has 0 spiro atoms. The number of nitrogens with zero attached hydrogens (tertiary/aromatic N) is 1. The number of carbonyl (C=O) groups excluding carboxylic acids is 1. The number of nitrogens with one attached hydrogen (secondary N) is 1. The summed E-state index contributed by atoms with van der Waals surface area (Å²) >= 11 is 0. The first-order valence-electron chi connectivity index (χ1n) is 5.27. The quantitative estimate of drug-likeness (QED) is 0.708. The maximum atomic E-state index is 11.3. The fourth-order valence-electron chi connectivity index (χ4n) is 2.29. The zero-order chi connectivity index (χ0) is 12.5. The summed E-state index contributed by atoms with van der Waals surface area (Å²) in [4.78, 5) is 23.6. The van der Waals surface area contributed by atoms with Gasteiger partial charge < -0.3 is 20.1 Å². The van der Waals surface area contributed by atoms with Crippen molar-refractivity contribution in [3.63, 3.8) is 0 Å². The predicted molar refractivity (Wildman–Crippen MR) is 59.6 cm³/mol. The van der Waals surface area contributed by atoms with Gasteiger partial charge >= 0.3 is 12.2 Å². The molecule has 6 heteroatoms. The van der Waals surface area contributed by atoms with Gasteiger partial charge in [0.15, 0.2) is 0 Å². The molecule has 92 valence electrons. The minimum absolute atomic E-state index is 0.0531. The number of carboxylic acid groups (broad SMARTS) is 1. The summed E-state index contributed by atoms with van der Waals surface area (Å²) in [5.41, 5.74) is -0.680. The van der Waals surface area contributed by atoms with E-state index in [0.717, 1.165) is 0 Å². The lowest BCUT2D eigenvalue weighted by Crippen LogP contribution is -2.53. The molecule has 0 radical (unpaired) electrons. The average Bonchev–Trinajstić information content (AvgIpc) is 2.68. The van der Waals surface area contributed by atoms with Gasteiger partial charge in [0, 0.05) is 12.5 Å². The molecule has 2 amide bonds. The number of hydrogen-bond donors (Lipinski definition) is 2. The van der Waals surface area contributed by atoms with Crippen LogP contribution in [0, 0.1) is 5.92 Å². The van der Waals surface area contributed by atoms with E-state index in [-0.39, 0.29) is 12.5 Å². The van der Waals surface area contributed by atoms with E-state index in [1.54, 1.807) is 6.08 Å². The van der Waals surface area contributed by atoms with Crippen LogP contribution in [0.3, 0.4) is 0 Å². The van der Waals surface area contributed by atoms with Crippen molar-refractivity contribution in [1.29, 1.82) is 0 Å². The molecular formula is C11H14N2O4. The zero-order valence-corrected chi connectivity index (χ0v) is 9.42. The van der Waals surface area contributed by atoms with Crippen molar-refractivity contribution in [3.05, 3.63) is 24.3 Å². The van der Waals surface area contributed by atoms with Crippen LogP contribution in [0.25, 0.3) is 0 Å². The van der Waals surface area contributed by atoms with Crippen molar-refractivity contribution in [3.8, 4) is 0 Å². The number of allylic oxidation sites excluding steroid dienone is 2. The van der Waals surface area contributed by atoms with E-state index in [4.69, 9.17) is 5.11 Å². The summed E-state index contributed by atoms with van der Waals surface area (Å²) in [6.45, 7) is 0.614. The third-order valence-electron chi connectivity index (χ3n) is 3.17. The molecule has 0 aromatic carbocycles.